The fraction of sp³-hybridized carbons (Fsp3) is 0.619. The number of aryl methyl sites for hydroxylation is 1. The minimum absolute atomic E-state index is 0.775. The summed E-state index contributed by atoms with van der Waals surface area (Å²) in [6.45, 7) is 3.78. The second-order valence-electron chi connectivity index (χ2n) is 6.22. The van der Waals surface area contributed by atoms with Crippen LogP contribution in [-0.4, -0.2) is 27.3 Å². The van der Waals surface area contributed by atoms with E-state index in [-0.39, 0.29) is 0 Å². The predicted molar refractivity (Wildman–Crippen MR) is 101 cm³/mol. The Morgan fingerprint density at radius 2 is 1.29 bits per heavy atom. The highest BCUT2D eigenvalue weighted by atomic mass is 16.9. The Balaban J connectivity index is 2.01. The first kappa shape index (κ1) is 20.9. The summed E-state index contributed by atoms with van der Waals surface area (Å²) < 4.78 is 15.9. The lowest BCUT2D eigenvalue weighted by atomic mass is 10.0. The third-order valence-corrected chi connectivity index (χ3v) is 4.60. The lowest BCUT2D eigenvalue weighted by Crippen LogP contribution is -2.35. The van der Waals surface area contributed by atoms with Gasteiger partial charge in [0.1, 0.15) is 0 Å². The molecule has 0 saturated carbocycles. The van der Waals surface area contributed by atoms with E-state index in [1.165, 1.54) is 56.1 Å². The molecule has 0 aromatic heterocycles. The van der Waals surface area contributed by atoms with Gasteiger partial charge in [0.2, 0.25) is 0 Å². The molecule has 0 amide bonds. The normalized spacial score (nSPS) is 11.6. The Bertz CT molecular complexity index is 427. The molecule has 3 heteroatoms. The van der Waals surface area contributed by atoms with E-state index >= 15 is 0 Å². The van der Waals surface area contributed by atoms with E-state index in [4.69, 9.17) is 14.2 Å². The Hall–Kier alpha value is -1.16. The molecule has 1 aromatic rings. The van der Waals surface area contributed by atoms with Crippen LogP contribution >= 0.6 is 0 Å². The van der Waals surface area contributed by atoms with Crippen molar-refractivity contribution in [3.8, 4) is 0 Å². The average Bonchev–Trinajstić information content (AvgIpc) is 2.64. The van der Waals surface area contributed by atoms with Gasteiger partial charge in [-0.05, 0) is 30.4 Å². The highest BCUT2D eigenvalue weighted by molar-refractivity contribution is 5.47. The van der Waals surface area contributed by atoms with E-state index in [0.717, 1.165) is 12.8 Å². The molecule has 0 bridgehead atoms. The average molecular weight is 334 g/mol. The predicted octanol–water partition coefficient (Wildman–Crippen LogP) is 5.59. The van der Waals surface area contributed by atoms with Crippen molar-refractivity contribution in [2.24, 2.45) is 0 Å². The molecule has 0 aliphatic heterocycles. The van der Waals surface area contributed by atoms with Gasteiger partial charge in [0.05, 0.1) is 0 Å². The zero-order valence-corrected chi connectivity index (χ0v) is 15.7. The number of hydrogen-bond donors (Lipinski definition) is 0. The van der Waals surface area contributed by atoms with Gasteiger partial charge in [0.15, 0.2) is 0 Å². The van der Waals surface area contributed by atoms with Crippen LogP contribution in [0.1, 0.15) is 62.5 Å². The molecule has 3 nitrogen and oxygen atoms in total. The van der Waals surface area contributed by atoms with E-state index < -0.39 is 5.97 Å². The van der Waals surface area contributed by atoms with E-state index in [0.29, 0.717) is 0 Å². The molecule has 136 valence electrons. The van der Waals surface area contributed by atoms with Crippen LogP contribution in [0.4, 0.5) is 0 Å². The molecule has 0 aliphatic rings. The molecule has 0 N–H and O–H groups in total. The third-order valence-electron chi connectivity index (χ3n) is 4.60. The maximum atomic E-state index is 5.30. The Morgan fingerprint density at radius 3 is 1.79 bits per heavy atom. The molecular weight excluding hydrogens is 300 g/mol. The largest absolute Gasteiger partial charge is 0.331 e. The number of methoxy groups -OCH3 is 3. The van der Waals surface area contributed by atoms with Gasteiger partial charge < -0.3 is 14.2 Å². The second-order valence-corrected chi connectivity index (χ2v) is 6.22. The van der Waals surface area contributed by atoms with Gasteiger partial charge in [0.25, 0.3) is 5.97 Å². The molecule has 0 heterocycles. The Morgan fingerprint density at radius 1 is 0.792 bits per heavy atom. The van der Waals surface area contributed by atoms with Gasteiger partial charge in [-0.15, -0.1) is 0 Å². The van der Waals surface area contributed by atoms with Crippen LogP contribution in [0.15, 0.2) is 30.8 Å². The summed E-state index contributed by atoms with van der Waals surface area (Å²) in [5, 5.41) is 0. The first-order valence-corrected chi connectivity index (χ1v) is 9.06. The summed E-state index contributed by atoms with van der Waals surface area (Å²) in [6, 6.07) is 8.71. The molecule has 0 unspecified atom stereocenters. The van der Waals surface area contributed by atoms with Crippen LogP contribution in [0, 0.1) is 0 Å². The highest BCUT2D eigenvalue weighted by Crippen LogP contribution is 2.21. The molecule has 0 radical (unpaired) electrons. The van der Waals surface area contributed by atoms with Crippen molar-refractivity contribution < 1.29 is 14.2 Å². The Labute approximate surface area is 148 Å². The number of ether oxygens (including phenoxy) is 3. The van der Waals surface area contributed by atoms with Crippen molar-refractivity contribution >= 4 is 6.08 Å². The lowest BCUT2D eigenvalue weighted by molar-refractivity contribution is -0.355. The van der Waals surface area contributed by atoms with Crippen LogP contribution < -0.4 is 0 Å². The van der Waals surface area contributed by atoms with Gasteiger partial charge in [-0.25, -0.2) is 0 Å². The number of hydrogen-bond acceptors (Lipinski definition) is 3. The molecule has 0 spiro atoms. The van der Waals surface area contributed by atoms with Crippen molar-refractivity contribution in [2.75, 3.05) is 21.3 Å². The van der Waals surface area contributed by atoms with Crippen LogP contribution in [0.25, 0.3) is 6.08 Å². The maximum Gasteiger partial charge on any atom is 0.282 e. The van der Waals surface area contributed by atoms with E-state index in [1.807, 2.05) is 6.08 Å². The van der Waals surface area contributed by atoms with Crippen molar-refractivity contribution in [1.82, 2.24) is 0 Å². The molecule has 1 aromatic carbocycles. The van der Waals surface area contributed by atoms with Crippen LogP contribution in [0.5, 0.6) is 0 Å². The van der Waals surface area contributed by atoms with Crippen LogP contribution in [0.3, 0.4) is 0 Å². The van der Waals surface area contributed by atoms with E-state index in [1.54, 1.807) is 21.3 Å². The van der Waals surface area contributed by atoms with Gasteiger partial charge >= 0.3 is 0 Å². The second kappa shape index (κ2) is 12.2. The van der Waals surface area contributed by atoms with Crippen LogP contribution in [-0.2, 0) is 20.6 Å². The minimum Gasteiger partial charge on any atom is -0.331 e. The van der Waals surface area contributed by atoms with Crippen molar-refractivity contribution in [3.63, 3.8) is 0 Å². The minimum atomic E-state index is -0.860. The fourth-order valence-electron chi connectivity index (χ4n) is 2.93. The zero-order chi connectivity index (χ0) is 17.7. The van der Waals surface area contributed by atoms with Gasteiger partial charge in [-0.3, -0.25) is 0 Å². The monoisotopic (exact) mass is 334 g/mol. The van der Waals surface area contributed by atoms with Crippen molar-refractivity contribution in [2.45, 2.75) is 63.8 Å². The first-order valence-electron chi connectivity index (χ1n) is 9.06. The SMILES string of the molecule is C=Cc1ccc(CCCCCCCCCC(OC)(OC)OC)cc1. The standard InChI is InChI=1S/C21H34O3/c1-5-19-14-16-20(17-15-19)13-11-9-7-6-8-10-12-18-21(22-2,23-3)24-4/h5,14-17H,1,6-13,18H2,2-4H3. The topological polar surface area (TPSA) is 27.7 Å². The van der Waals surface area contributed by atoms with Crippen molar-refractivity contribution in [3.05, 3.63) is 42.0 Å². The summed E-state index contributed by atoms with van der Waals surface area (Å²) in [4.78, 5) is 0. The molecule has 0 atom stereocenters. The van der Waals surface area contributed by atoms with Crippen molar-refractivity contribution in [1.29, 1.82) is 0 Å². The zero-order valence-electron chi connectivity index (χ0n) is 15.7. The molecule has 24 heavy (non-hydrogen) atoms. The number of rotatable bonds is 14. The quantitative estimate of drug-likeness (QED) is 0.328. The molecular formula is C21H34O3. The highest BCUT2D eigenvalue weighted by Gasteiger charge is 2.28. The smallest absolute Gasteiger partial charge is 0.282 e. The molecule has 0 saturated heterocycles. The molecule has 1 rings (SSSR count). The number of benzene rings is 1. The lowest BCUT2D eigenvalue weighted by Gasteiger charge is -2.28. The summed E-state index contributed by atoms with van der Waals surface area (Å²) in [6.07, 6.45) is 12.6. The summed E-state index contributed by atoms with van der Waals surface area (Å²) >= 11 is 0. The van der Waals surface area contributed by atoms with Gasteiger partial charge in [-0.2, -0.15) is 0 Å². The number of unbranched alkanes of at least 4 members (excludes halogenated alkanes) is 6. The maximum absolute atomic E-state index is 5.30. The summed E-state index contributed by atoms with van der Waals surface area (Å²) in [7, 11) is 4.87. The van der Waals surface area contributed by atoms with Gasteiger partial charge in [-0.1, -0.05) is 69.0 Å². The van der Waals surface area contributed by atoms with E-state index in [2.05, 4.69) is 30.8 Å². The van der Waals surface area contributed by atoms with E-state index in [9.17, 15) is 0 Å². The first-order chi connectivity index (χ1) is 11.7. The van der Waals surface area contributed by atoms with Crippen LogP contribution in [0.2, 0.25) is 0 Å². The summed E-state index contributed by atoms with van der Waals surface area (Å²) in [5.41, 5.74) is 2.62. The van der Waals surface area contributed by atoms with Gasteiger partial charge in [0, 0.05) is 27.8 Å². The third kappa shape index (κ3) is 7.61. The Kier molecular flexibility index (Phi) is 10.6. The molecule has 0 fully saturated rings. The molecule has 0 aliphatic carbocycles. The summed E-state index contributed by atoms with van der Waals surface area (Å²) in [5.74, 6) is -0.860. The fourth-order valence-corrected chi connectivity index (χ4v) is 2.93.